The van der Waals surface area contributed by atoms with E-state index in [9.17, 15) is 19.2 Å². The number of carboxylic acids is 1. The summed E-state index contributed by atoms with van der Waals surface area (Å²) in [6.07, 6.45) is 1.18. The summed E-state index contributed by atoms with van der Waals surface area (Å²) in [7, 11) is 2.59. The number of methoxy groups -OCH3 is 1. The standard InChI is InChI=1S/C11H15N3O6/c1-13-9(16)3-4-14(11(13)19)5-8(15)12-7(6-20-2)10(17)18/h3-4,7H,5-6H2,1-2H3,(H,12,15)(H,17,18). The van der Waals surface area contributed by atoms with E-state index in [-0.39, 0.29) is 13.2 Å². The van der Waals surface area contributed by atoms with Crippen molar-refractivity contribution in [2.24, 2.45) is 7.05 Å². The van der Waals surface area contributed by atoms with Crippen molar-refractivity contribution >= 4 is 11.9 Å². The van der Waals surface area contributed by atoms with E-state index in [0.717, 1.165) is 15.2 Å². The van der Waals surface area contributed by atoms with Crippen LogP contribution >= 0.6 is 0 Å². The first-order valence-corrected chi connectivity index (χ1v) is 5.64. The van der Waals surface area contributed by atoms with Gasteiger partial charge in [0.2, 0.25) is 5.91 Å². The number of carbonyl (C=O) groups excluding carboxylic acids is 1. The van der Waals surface area contributed by atoms with E-state index in [0.29, 0.717) is 0 Å². The highest BCUT2D eigenvalue weighted by atomic mass is 16.5. The molecule has 110 valence electrons. The molecule has 1 aromatic rings. The van der Waals surface area contributed by atoms with Gasteiger partial charge in [-0.2, -0.15) is 0 Å². The lowest BCUT2D eigenvalue weighted by Gasteiger charge is -2.14. The first-order chi connectivity index (χ1) is 9.36. The Labute approximate surface area is 113 Å². The molecule has 20 heavy (non-hydrogen) atoms. The van der Waals surface area contributed by atoms with E-state index < -0.39 is 29.2 Å². The molecule has 0 aliphatic rings. The Morgan fingerprint density at radius 1 is 1.45 bits per heavy atom. The van der Waals surface area contributed by atoms with Gasteiger partial charge in [0.15, 0.2) is 6.04 Å². The van der Waals surface area contributed by atoms with E-state index in [1.165, 1.54) is 20.4 Å². The number of hydrogen-bond acceptors (Lipinski definition) is 5. The van der Waals surface area contributed by atoms with Gasteiger partial charge in [-0.05, 0) is 0 Å². The second kappa shape index (κ2) is 6.66. The molecule has 9 nitrogen and oxygen atoms in total. The van der Waals surface area contributed by atoms with Crippen molar-refractivity contribution in [2.45, 2.75) is 12.6 Å². The van der Waals surface area contributed by atoms with Crippen molar-refractivity contribution in [1.29, 1.82) is 0 Å². The number of aliphatic carboxylic acids is 1. The molecule has 0 saturated heterocycles. The largest absolute Gasteiger partial charge is 0.480 e. The van der Waals surface area contributed by atoms with Crippen LogP contribution in [0.2, 0.25) is 0 Å². The molecular weight excluding hydrogens is 270 g/mol. The van der Waals surface area contributed by atoms with Crippen LogP contribution in [0.4, 0.5) is 0 Å². The van der Waals surface area contributed by atoms with Crippen LogP contribution < -0.4 is 16.6 Å². The number of carbonyl (C=O) groups is 2. The molecular formula is C11H15N3O6. The minimum absolute atomic E-state index is 0.191. The summed E-state index contributed by atoms with van der Waals surface area (Å²) in [5, 5.41) is 11.1. The number of ether oxygens (including phenoxy) is 1. The molecule has 9 heteroatoms. The van der Waals surface area contributed by atoms with Crippen molar-refractivity contribution in [2.75, 3.05) is 13.7 Å². The zero-order valence-corrected chi connectivity index (χ0v) is 11.0. The highest BCUT2D eigenvalue weighted by Gasteiger charge is 2.20. The fourth-order valence-electron chi connectivity index (χ4n) is 1.47. The zero-order chi connectivity index (χ0) is 15.3. The number of hydrogen-bond donors (Lipinski definition) is 2. The minimum atomic E-state index is -1.24. The summed E-state index contributed by atoms with van der Waals surface area (Å²) in [5.74, 6) is -1.91. The van der Waals surface area contributed by atoms with Crippen molar-refractivity contribution in [3.05, 3.63) is 33.1 Å². The van der Waals surface area contributed by atoms with Crippen LogP contribution in [0.25, 0.3) is 0 Å². The van der Waals surface area contributed by atoms with Crippen molar-refractivity contribution in [1.82, 2.24) is 14.5 Å². The van der Waals surface area contributed by atoms with E-state index in [1.807, 2.05) is 0 Å². The van der Waals surface area contributed by atoms with Gasteiger partial charge in [-0.25, -0.2) is 9.59 Å². The molecule has 0 fully saturated rings. The second-order valence-corrected chi connectivity index (χ2v) is 4.04. The Morgan fingerprint density at radius 2 is 2.10 bits per heavy atom. The quantitative estimate of drug-likeness (QED) is 0.610. The maximum atomic E-state index is 11.7. The predicted molar refractivity (Wildman–Crippen MR) is 67.4 cm³/mol. The monoisotopic (exact) mass is 285 g/mol. The molecule has 0 aliphatic heterocycles. The molecule has 1 heterocycles. The number of nitrogens with one attached hydrogen (secondary N) is 1. The van der Waals surface area contributed by atoms with E-state index in [1.54, 1.807) is 0 Å². The highest BCUT2D eigenvalue weighted by molar-refractivity contribution is 5.83. The molecule has 1 atom stereocenters. The Morgan fingerprint density at radius 3 is 2.65 bits per heavy atom. The van der Waals surface area contributed by atoms with Gasteiger partial charge in [0, 0.05) is 26.4 Å². The van der Waals surface area contributed by atoms with Crippen LogP contribution in [0.5, 0.6) is 0 Å². The lowest BCUT2D eigenvalue weighted by atomic mass is 10.3. The molecule has 0 saturated carbocycles. The first-order valence-electron chi connectivity index (χ1n) is 5.64. The Hall–Kier alpha value is -2.42. The minimum Gasteiger partial charge on any atom is -0.480 e. The number of rotatable bonds is 6. The van der Waals surface area contributed by atoms with Crippen LogP contribution in [-0.4, -0.2) is 45.9 Å². The van der Waals surface area contributed by atoms with Gasteiger partial charge in [-0.15, -0.1) is 0 Å². The predicted octanol–water partition coefficient (Wildman–Crippen LogP) is -2.24. The molecule has 2 N–H and O–H groups in total. The Bertz CT molecular complexity index is 617. The summed E-state index contributed by atoms with van der Waals surface area (Å²) in [6.45, 7) is -0.580. The van der Waals surface area contributed by atoms with Gasteiger partial charge < -0.3 is 15.2 Å². The number of nitrogens with zero attached hydrogens (tertiary/aromatic N) is 2. The SMILES string of the molecule is COCC(NC(=O)Cn1ccc(=O)n(C)c1=O)C(=O)O. The second-order valence-electron chi connectivity index (χ2n) is 4.04. The van der Waals surface area contributed by atoms with Gasteiger partial charge in [-0.3, -0.25) is 18.7 Å². The van der Waals surface area contributed by atoms with Gasteiger partial charge in [0.05, 0.1) is 6.61 Å². The first kappa shape index (κ1) is 15.6. The lowest BCUT2D eigenvalue weighted by molar-refractivity contribution is -0.143. The molecule has 1 rings (SSSR count). The fourth-order valence-corrected chi connectivity index (χ4v) is 1.47. The van der Waals surface area contributed by atoms with Crippen LogP contribution in [0, 0.1) is 0 Å². The number of amides is 1. The number of carboxylic acid groups (broad SMARTS) is 1. The fraction of sp³-hybridized carbons (Fsp3) is 0.455. The third kappa shape index (κ3) is 3.79. The molecule has 1 unspecified atom stereocenters. The highest BCUT2D eigenvalue weighted by Crippen LogP contribution is 1.87. The molecule has 0 bridgehead atoms. The Balaban J connectivity index is 2.81. The van der Waals surface area contributed by atoms with Gasteiger partial charge >= 0.3 is 11.7 Å². The van der Waals surface area contributed by atoms with E-state index >= 15 is 0 Å². The summed E-state index contributed by atoms with van der Waals surface area (Å²) < 4.78 is 6.51. The average Bonchev–Trinajstić information content (AvgIpc) is 2.39. The summed E-state index contributed by atoms with van der Waals surface area (Å²) in [4.78, 5) is 45.4. The molecule has 0 aliphatic carbocycles. The van der Waals surface area contributed by atoms with E-state index in [2.05, 4.69) is 10.1 Å². The molecule has 0 spiro atoms. The summed E-state index contributed by atoms with van der Waals surface area (Å²) >= 11 is 0. The van der Waals surface area contributed by atoms with Gasteiger partial charge in [0.1, 0.15) is 6.54 Å². The van der Waals surface area contributed by atoms with Crippen LogP contribution in [0.15, 0.2) is 21.9 Å². The van der Waals surface area contributed by atoms with Crippen molar-refractivity contribution in [3.63, 3.8) is 0 Å². The van der Waals surface area contributed by atoms with Crippen LogP contribution in [0.3, 0.4) is 0 Å². The maximum absolute atomic E-state index is 11.7. The third-order valence-electron chi connectivity index (χ3n) is 2.54. The smallest absolute Gasteiger partial charge is 0.331 e. The lowest BCUT2D eigenvalue weighted by Crippen LogP contribution is -2.47. The molecule has 1 aromatic heterocycles. The van der Waals surface area contributed by atoms with Gasteiger partial charge in [0.25, 0.3) is 5.56 Å². The summed E-state index contributed by atoms with van der Waals surface area (Å²) in [6, 6.07) is -0.0610. The van der Waals surface area contributed by atoms with Crippen molar-refractivity contribution < 1.29 is 19.4 Å². The molecule has 0 aromatic carbocycles. The van der Waals surface area contributed by atoms with Gasteiger partial charge in [-0.1, -0.05) is 0 Å². The van der Waals surface area contributed by atoms with Crippen molar-refractivity contribution in [3.8, 4) is 0 Å². The van der Waals surface area contributed by atoms with Crippen LogP contribution in [-0.2, 0) is 27.9 Å². The van der Waals surface area contributed by atoms with E-state index in [4.69, 9.17) is 5.11 Å². The number of aromatic nitrogens is 2. The summed E-state index contributed by atoms with van der Waals surface area (Å²) in [5.41, 5.74) is -1.15. The Kier molecular flexibility index (Phi) is 5.21. The third-order valence-corrected chi connectivity index (χ3v) is 2.54. The topological polar surface area (TPSA) is 120 Å². The zero-order valence-electron chi connectivity index (χ0n) is 11.0. The van der Waals surface area contributed by atoms with Crippen LogP contribution in [0.1, 0.15) is 0 Å². The molecule has 0 radical (unpaired) electrons. The average molecular weight is 285 g/mol. The normalized spacial score (nSPS) is 11.9. The maximum Gasteiger partial charge on any atom is 0.331 e. The molecule has 1 amide bonds.